The Kier molecular flexibility index (Phi) is 4.75. The van der Waals surface area contributed by atoms with E-state index in [0.717, 1.165) is 21.7 Å². The smallest absolute Gasteiger partial charge is 0.230 e. The monoisotopic (exact) mass is 321 g/mol. The first-order chi connectivity index (χ1) is 10.2. The molecule has 0 unspecified atom stereocenters. The summed E-state index contributed by atoms with van der Waals surface area (Å²) in [5.41, 5.74) is 0. The Balaban J connectivity index is 1.57. The predicted octanol–water partition coefficient (Wildman–Crippen LogP) is 3.48. The van der Waals surface area contributed by atoms with E-state index in [1.165, 1.54) is 31.0 Å². The van der Waals surface area contributed by atoms with Gasteiger partial charge < -0.3 is 5.32 Å². The molecule has 112 valence electrons. The summed E-state index contributed by atoms with van der Waals surface area (Å²) < 4.78 is 0. The topological polar surface area (TPSA) is 54.9 Å². The molecule has 0 aliphatic heterocycles. The Morgan fingerprint density at radius 2 is 2.29 bits per heavy atom. The summed E-state index contributed by atoms with van der Waals surface area (Å²) in [7, 11) is 0. The fraction of sp³-hybridized carbons (Fsp3) is 0.533. The number of thioether (sulfide) groups is 1. The molecule has 2 aromatic heterocycles. The van der Waals surface area contributed by atoms with Gasteiger partial charge in [-0.05, 0) is 30.2 Å². The normalized spacial score (nSPS) is 22.3. The molecule has 0 saturated heterocycles. The fourth-order valence-electron chi connectivity index (χ4n) is 2.80. The third-order valence-corrected chi connectivity index (χ3v) is 5.85. The number of rotatable bonds is 4. The molecule has 2 atom stereocenters. The first-order valence-corrected chi connectivity index (χ1v) is 9.21. The number of carbonyl (C=O) groups excluding carboxylic acids is 1. The molecule has 1 aliphatic rings. The van der Waals surface area contributed by atoms with Gasteiger partial charge in [0.25, 0.3) is 0 Å². The molecule has 4 nitrogen and oxygen atoms in total. The van der Waals surface area contributed by atoms with Crippen molar-refractivity contribution in [2.45, 2.75) is 43.7 Å². The Bertz CT molecular complexity index is 628. The van der Waals surface area contributed by atoms with Crippen LogP contribution >= 0.6 is 23.1 Å². The average molecular weight is 321 g/mol. The van der Waals surface area contributed by atoms with Crippen LogP contribution in [0.4, 0.5) is 0 Å². The van der Waals surface area contributed by atoms with Crippen LogP contribution in [0.2, 0.25) is 0 Å². The predicted molar refractivity (Wildman–Crippen MR) is 87.7 cm³/mol. The molecule has 0 bridgehead atoms. The summed E-state index contributed by atoms with van der Waals surface area (Å²) in [6.45, 7) is 2.23. The molecule has 1 amide bonds. The fourth-order valence-corrected chi connectivity index (χ4v) is 4.39. The van der Waals surface area contributed by atoms with E-state index in [0.29, 0.717) is 17.7 Å². The highest BCUT2D eigenvalue weighted by Gasteiger charge is 2.22. The Labute approximate surface area is 132 Å². The molecule has 6 heteroatoms. The lowest BCUT2D eigenvalue weighted by molar-refractivity contribution is -0.119. The molecule has 1 saturated carbocycles. The van der Waals surface area contributed by atoms with E-state index in [9.17, 15) is 4.79 Å². The standard InChI is InChI=1S/C15H19N3OS2/c1-10-4-2-3-5-12(10)18-13(19)8-21-15-11-6-7-20-14(11)16-9-17-15/h6-7,9-10,12H,2-5,8H2,1H3,(H,18,19)/t10-,12+/m1/s1. The van der Waals surface area contributed by atoms with E-state index in [4.69, 9.17) is 0 Å². The number of thiophene rings is 1. The van der Waals surface area contributed by atoms with Crippen molar-refractivity contribution < 1.29 is 4.79 Å². The highest BCUT2D eigenvalue weighted by atomic mass is 32.2. The lowest BCUT2D eigenvalue weighted by atomic mass is 9.86. The summed E-state index contributed by atoms with van der Waals surface area (Å²) in [6.07, 6.45) is 6.42. The summed E-state index contributed by atoms with van der Waals surface area (Å²) in [5.74, 6) is 1.13. The van der Waals surface area contributed by atoms with Gasteiger partial charge in [0, 0.05) is 11.4 Å². The van der Waals surface area contributed by atoms with Crippen LogP contribution in [-0.2, 0) is 4.79 Å². The van der Waals surface area contributed by atoms with E-state index in [1.54, 1.807) is 17.7 Å². The van der Waals surface area contributed by atoms with Crippen LogP contribution in [0.15, 0.2) is 22.8 Å². The van der Waals surface area contributed by atoms with Gasteiger partial charge in [-0.25, -0.2) is 9.97 Å². The van der Waals surface area contributed by atoms with Crippen molar-refractivity contribution in [3.63, 3.8) is 0 Å². The number of aromatic nitrogens is 2. The second-order valence-electron chi connectivity index (χ2n) is 5.54. The molecular formula is C15H19N3OS2. The van der Waals surface area contributed by atoms with E-state index >= 15 is 0 Å². The Morgan fingerprint density at radius 1 is 1.43 bits per heavy atom. The van der Waals surface area contributed by atoms with E-state index < -0.39 is 0 Å². The number of hydrogen-bond acceptors (Lipinski definition) is 5. The SMILES string of the molecule is C[C@@H]1CCCC[C@@H]1NC(=O)CSc1ncnc2sccc12. The maximum Gasteiger partial charge on any atom is 0.230 e. The Morgan fingerprint density at radius 3 is 3.14 bits per heavy atom. The molecule has 1 aliphatic carbocycles. The van der Waals surface area contributed by atoms with Gasteiger partial charge in [-0.15, -0.1) is 11.3 Å². The van der Waals surface area contributed by atoms with E-state index in [2.05, 4.69) is 22.2 Å². The average Bonchev–Trinajstić information content (AvgIpc) is 2.96. The van der Waals surface area contributed by atoms with E-state index in [1.807, 2.05) is 11.4 Å². The van der Waals surface area contributed by atoms with Gasteiger partial charge >= 0.3 is 0 Å². The highest BCUT2D eigenvalue weighted by molar-refractivity contribution is 8.00. The van der Waals surface area contributed by atoms with Crippen LogP contribution in [0, 0.1) is 5.92 Å². The van der Waals surface area contributed by atoms with E-state index in [-0.39, 0.29) is 5.91 Å². The number of carbonyl (C=O) groups is 1. The van der Waals surface area contributed by atoms with Crippen molar-refractivity contribution in [2.75, 3.05) is 5.75 Å². The van der Waals surface area contributed by atoms with Crippen LogP contribution in [0.1, 0.15) is 32.6 Å². The third kappa shape index (κ3) is 3.55. The van der Waals surface area contributed by atoms with Gasteiger partial charge in [0.1, 0.15) is 16.2 Å². The molecule has 0 aromatic carbocycles. The molecular weight excluding hydrogens is 302 g/mol. The molecule has 3 rings (SSSR count). The Hall–Kier alpha value is -1.14. The summed E-state index contributed by atoms with van der Waals surface area (Å²) in [5, 5.41) is 7.13. The van der Waals surface area contributed by atoms with Crippen molar-refractivity contribution >= 4 is 39.2 Å². The lowest BCUT2D eigenvalue weighted by Crippen LogP contribution is -2.41. The first kappa shape index (κ1) is 14.8. The van der Waals surface area contributed by atoms with Crippen LogP contribution in [0.3, 0.4) is 0 Å². The zero-order valence-electron chi connectivity index (χ0n) is 12.0. The van der Waals surface area contributed by atoms with Crippen molar-refractivity contribution in [2.24, 2.45) is 5.92 Å². The largest absolute Gasteiger partial charge is 0.352 e. The molecule has 0 spiro atoms. The lowest BCUT2D eigenvalue weighted by Gasteiger charge is -2.29. The molecule has 0 radical (unpaired) electrons. The maximum atomic E-state index is 12.1. The summed E-state index contributed by atoms with van der Waals surface area (Å²) >= 11 is 3.10. The van der Waals surface area contributed by atoms with Crippen molar-refractivity contribution in [1.82, 2.24) is 15.3 Å². The van der Waals surface area contributed by atoms with Gasteiger partial charge in [0.05, 0.1) is 5.75 Å². The quantitative estimate of drug-likeness (QED) is 0.692. The molecule has 1 fully saturated rings. The van der Waals surface area contributed by atoms with Gasteiger partial charge in [0.15, 0.2) is 0 Å². The van der Waals surface area contributed by atoms with Gasteiger partial charge in [0.2, 0.25) is 5.91 Å². The summed E-state index contributed by atoms with van der Waals surface area (Å²) in [6, 6.07) is 2.36. The van der Waals surface area contributed by atoms with Crippen LogP contribution in [0.5, 0.6) is 0 Å². The van der Waals surface area contributed by atoms with Crippen LogP contribution < -0.4 is 5.32 Å². The maximum absolute atomic E-state index is 12.1. The third-order valence-electron chi connectivity index (χ3n) is 4.02. The van der Waals surface area contributed by atoms with Gasteiger partial charge in [-0.1, -0.05) is 31.5 Å². The van der Waals surface area contributed by atoms with Crippen molar-refractivity contribution in [1.29, 1.82) is 0 Å². The van der Waals surface area contributed by atoms with Crippen LogP contribution in [0.25, 0.3) is 10.2 Å². The number of amides is 1. The minimum atomic E-state index is 0.112. The van der Waals surface area contributed by atoms with Gasteiger partial charge in [-0.3, -0.25) is 4.79 Å². The number of nitrogens with one attached hydrogen (secondary N) is 1. The molecule has 21 heavy (non-hydrogen) atoms. The number of nitrogens with zero attached hydrogens (tertiary/aromatic N) is 2. The highest BCUT2D eigenvalue weighted by Crippen LogP contribution is 2.28. The zero-order chi connectivity index (χ0) is 14.7. The molecule has 2 heterocycles. The van der Waals surface area contributed by atoms with Crippen molar-refractivity contribution in [3.8, 4) is 0 Å². The van der Waals surface area contributed by atoms with Crippen molar-refractivity contribution in [3.05, 3.63) is 17.8 Å². The van der Waals surface area contributed by atoms with Gasteiger partial charge in [-0.2, -0.15) is 0 Å². The number of fused-ring (bicyclic) bond motifs is 1. The summed E-state index contributed by atoms with van der Waals surface area (Å²) in [4.78, 5) is 21.6. The number of hydrogen-bond donors (Lipinski definition) is 1. The minimum absolute atomic E-state index is 0.112. The molecule has 2 aromatic rings. The first-order valence-electron chi connectivity index (χ1n) is 7.34. The second-order valence-corrected chi connectivity index (χ2v) is 7.40. The second kappa shape index (κ2) is 6.75. The minimum Gasteiger partial charge on any atom is -0.352 e. The zero-order valence-corrected chi connectivity index (χ0v) is 13.7. The molecule has 1 N–H and O–H groups in total. The van der Waals surface area contributed by atoms with Crippen LogP contribution in [-0.4, -0.2) is 27.7 Å².